The normalized spacial score (nSPS) is 20.0. The molecule has 8 nitrogen and oxygen atoms in total. The highest BCUT2D eigenvalue weighted by molar-refractivity contribution is 7.99. The number of likely N-dealkylation sites (tertiary alicyclic amines) is 1. The third-order valence-electron chi connectivity index (χ3n) is 6.11. The van der Waals surface area contributed by atoms with Gasteiger partial charge in [0.05, 0.1) is 11.3 Å². The molecule has 2 bridgehead atoms. The minimum atomic E-state index is -0.349. The Balaban J connectivity index is 1.40. The van der Waals surface area contributed by atoms with Gasteiger partial charge in [0.2, 0.25) is 11.8 Å². The van der Waals surface area contributed by atoms with Crippen molar-refractivity contribution in [3.63, 3.8) is 0 Å². The van der Waals surface area contributed by atoms with Gasteiger partial charge in [0.15, 0.2) is 5.16 Å². The van der Waals surface area contributed by atoms with Crippen molar-refractivity contribution in [1.29, 1.82) is 0 Å². The number of H-pyrrole nitrogens is 1. The molecule has 0 saturated carbocycles. The number of hydrogen-bond acceptors (Lipinski definition) is 6. The van der Waals surface area contributed by atoms with Gasteiger partial charge in [-0.05, 0) is 37.2 Å². The summed E-state index contributed by atoms with van der Waals surface area (Å²) in [7, 11) is 0. The number of aromatic hydroxyl groups is 1. The third-order valence-corrected chi connectivity index (χ3v) is 6.97. The van der Waals surface area contributed by atoms with E-state index in [-0.39, 0.29) is 45.7 Å². The van der Waals surface area contributed by atoms with E-state index in [2.05, 4.69) is 23.8 Å². The Kier molecular flexibility index (Phi) is 6.22. The molecule has 166 valence electrons. The van der Waals surface area contributed by atoms with Gasteiger partial charge in [0.25, 0.3) is 11.1 Å². The van der Waals surface area contributed by atoms with Crippen LogP contribution in [0.2, 0.25) is 0 Å². The monoisotopic (exact) mass is 444 g/mol. The molecule has 0 spiro atoms. The maximum Gasteiger partial charge on any atom is 0.258 e. The molecule has 31 heavy (non-hydrogen) atoms. The first-order valence-corrected chi connectivity index (χ1v) is 11.7. The molecule has 2 atom stereocenters. The second kappa shape index (κ2) is 8.90. The van der Waals surface area contributed by atoms with E-state index in [1.54, 1.807) is 12.1 Å². The number of carbonyl (C=O) groups is 1. The molecular formula is C22H28N4O4S. The number of amides is 1. The van der Waals surface area contributed by atoms with E-state index in [0.717, 1.165) is 30.3 Å². The lowest BCUT2D eigenvalue weighted by Crippen LogP contribution is -2.49. The average molecular weight is 445 g/mol. The van der Waals surface area contributed by atoms with E-state index in [0.29, 0.717) is 37.5 Å². The summed E-state index contributed by atoms with van der Waals surface area (Å²) >= 11 is 1.13. The molecule has 0 aromatic carbocycles. The summed E-state index contributed by atoms with van der Waals surface area (Å²) in [4.78, 5) is 45.9. The number of aromatic nitrogens is 3. The van der Waals surface area contributed by atoms with Gasteiger partial charge in [0, 0.05) is 37.3 Å². The summed E-state index contributed by atoms with van der Waals surface area (Å²) in [5.74, 6) is 0.695. The van der Waals surface area contributed by atoms with Gasteiger partial charge in [-0.25, -0.2) is 0 Å². The van der Waals surface area contributed by atoms with Crippen LogP contribution < -0.4 is 11.1 Å². The topological polar surface area (TPSA) is 108 Å². The number of thioether (sulfide) groups is 1. The maximum atomic E-state index is 12.8. The van der Waals surface area contributed by atoms with E-state index in [1.165, 1.54) is 0 Å². The van der Waals surface area contributed by atoms with Crippen LogP contribution in [0.3, 0.4) is 0 Å². The maximum absolute atomic E-state index is 12.8. The third kappa shape index (κ3) is 4.71. The Bertz CT molecular complexity index is 1090. The summed E-state index contributed by atoms with van der Waals surface area (Å²) < 4.78 is 1.84. The molecule has 1 fully saturated rings. The standard InChI is InChI=1S/C22H28N4O4S/c1-13(2)6-7-16-20(29)23-22(24-21(16)30)31-12-19(28)25-9-14-8-15(11-25)17-4-3-5-18(27)26(17)10-14/h3-5,13-15H,6-12H2,1-2H3,(H2,23,24,29,30)/t14-,15-/m0/s1. The van der Waals surface area contributed by atoms with Gasteiger partial charge in [-0.15, -0.1) is 0 Å². The SMILES string of the molecule is CC(C)CCc1c(O)nc(SCC(=O)N2C[C@@H]3C[C@@H](C2)c2cccc(=O)n2C3)[nH]c1=O. The Morgan fingerprint density at radius 2 is 2.10 bits per heavy atom. The smallest absolute Gasteiger partial charge is 0.258 e. The molecule has 2 N–H and O–H groups in total. The molecular weight excluding hydrogens is 416 g/mol. The van der Waals surface area contributed by atoms with Gasteiger partial charge >= 0.3 is 0 Å². The first-order valence-electron chi connectivity index (χ1n) is 10.7. The second-order valence-electron chi connectivity index (χ2n) is 8.89. The number of nitrogens with zero attached hydrogens (tertiary/aromatic N) is 3. The molecule has 1 saturated heterocycles. The van der Waals surface area contributed by atoms with Crippen LogP contribution in [0.4, 0.5) is 0 Å². The number of fused-ring (bicyclic) bond motifs is 4. The predicted octanol–water partition coefficient (Wildman–Crippen LogP) is 1.96. The fourth-order valence-corrected chi connectivity index (χ4v) is 5.27. The molecule has 0 unspecified atom stereocenters. The van der Waals surface area contributed by atoms with Gasteiger partial charge in [0.1, 0.15) is 0 Å². The summed E-state index contributed by atoms with van der Waals surface area (Å²) in [5, 5.41) is 10.4. The molecule has 0 aliphatic carbocycles. The zero-order valence-electron chi connectivity index (χ0n) is 17.8. The van der Waals surface area contributed by atoms with Crippen molar-refractivity contribution in [3.05, 3.63) is 50.2 Å². The molecule has 1 amide bonds. The van der Waals surface area contributed by atoms with Crippen molar-refractivity contribution < 1.29 is 9.90 Å². The summed E-state index contributed by atoms with van der Waals surface area (Å²) in [5.41, 5.74) is 0.968. The first-order chi connectivity index (χ1) is 14.8. The van der Waals surface area contributed by atoms with Crippen LogP contribution in [0.5, 0.6) is 5.88 Å². The van der Waals surface area contributed by atoms with E-state index >= 15 is 0 Å². The summed E-state index contributed by atoms with van der Waals surface area (Å²) in [6.07, 6.45) is 2.24. The molecule has 4 heterocycles. The number of hydrogen-bond donors (Lipinski definition) is 2. The van der Waals surface area contributed by atoms with E-state index in [1.807, 2.05) is 15.5 Å². The minimum absolute atomic E-state index is 0.0224. The number of rotatable bonds is 6. The van der Waals surface area contributed by atoms with Crippen molar-refractivity contribution in [2.45, 2.75) is 50.7 Å². The Morgan fingerprint density at radius 1 is 1.29 bits per heavy atom. The van der Waals surface area contributed by atoms with Crippen LogP contribution in [-0.2, 0) is 17.8 Å². The zero-order chi connectivity index (χ0) is 22.1. The van der Waals surface area contributed by atoms with Crippen molar-refractivity contribution in [3.8, 4) is 5.88 Å². The Morgan fingerprint density at radius 3 is 2.84 bits per heavy atom. The van der Waals surface area contributed by atoms with Gasteiger partial charge in [-0.1, -0.05) is 31.7 Å². The fourth-order valence-electron chi connectivity index (χ4n) is 4.51. The van der Waals surface area contributed by atoms with Crippen LogP contribution >= 0.6 is 11.8 Å². The van der Waals surface area contributed by atoms with Crippen LogP contribution in [0.25, 0.3) is 0 Å². The van der Waals surface area contributed by atoms with Crippen molar-refractivity contribution in [2.24, 2.45) is 11.8 Å². The lowest BCUT2D eigenvalue weighted by atomic mass is 9.83. The van der Waals surface area contributed by atoms with Gasteiger partial charge in [-0.2, -0.15) is 4.98 Å². The van der Waals surface area contributed by atoms with Crippen LogP contribution in [0, 0.1) is 11.8 Å². The van der Waals surface area contributed by atoms with Crippen molar-refractivity contribution in [1.82, 2.24) is 19.4 Å². The lowest BCUT2D eigenvalue weighted by molar-refractivity contribution is -0.131. The van der Waals surface area contributed by atoms with Gasteiger partial charge < -0.3 is 19.6 Å². The number of aromatic amines is 1. The van der Waals surface area contributed by atoms with Crippen LogP contribution in [0.15, 0.2) is 32.9 Å². The highest BCUT2D eigenvalue weighted by Gasteiger charge is 2.36. The predicted molar refractivity (Wildman–Crippen MR) is 119 cm³/mol. The largest absolute Gasteiger partial charge is 0.493 e. The molecule has 2 aliphatic rings. The molecule has 2 aliphatic heterocycles. The van der Waals surface area contributed by atoms with Crippen molar-refractivity contribution >= 4 is 17.7 Å². The highest BCUT2D eigenvalue weighted by Crippen LogP contribution is 2.35. The molecule has 2 aromatic heterocycles. The lowest BCUT2D eigenvalue weighted by Gasteiger charge is -2.42. The summed E-state index contributed by atoms with van der Waals surface area (Å²) in [6.45, 7) is 5.96. The zero-order valence-corrected chi connectivity index (χ0v) is 18.7. The molecule has 9 heteroatoms. The highest BCUT2D eigenvalue weighted by atomic mass is 32.2. The second-order valence-corrected chi connectivity index (χ2v) is 9.86. The van der Waals surface area contributed by atoms with E-state index in [9.17, 15) is 19.5 Å². The molecule has 2 aromatic rings. The number of carbonyl (C=O) groups excluding carboxylic acids is 1. The van der Waals surface area contributed by atoms with Gasteiger partial charge in [-0.3, -0.25) is 14.4 Å². The molecule has 4 rings (SSSR count). The number of pyridine rings is 1. The number of nitrogens with one attached hydrogen (secondary N) is 1. The average Bonchev–Trinajstić information content (AvgIpc) is 2.72. The first kappa shape index (κ1) is 21.7. The van der Waals surface area contributed by atoms with Crippen molar-refractivity contribution in [2.75, 3.05) is 18.8 Å². The molecule has 0 radical (unpaired) electrons. The quantitative estimate of drug-likeness (QED) is 0.521. The Labute approximate surface area is 184 Å². The Hall–Kier alpha value is -2.55. The van der Waals surface area contributed by atoms with Crippen LogP contribution in [-0.4, -0.2) is 49.3 Å². The summed E-state index contributed by atoms with van der Waals surface area (Å²) in [6, 6.07) is 5.34. The van der Waals surface area contributed by atoms with E-state index in [4.69, 9.17) is 0 Å². The fraction of sp³-hybridized carbons (Fsp3) is 0.545. The van der Waals surface area contributed by atoms with Crippen LogP contribution in [0.1, 0.15) is 43.9 Å². The van der Waals surface area contributed by atoms with E-state index < -0.39 is 0 Å². The minimum Gasteiger partial charge on any atom is -0.493 e. The number of piperidine rings is 1.